The van der Waals surface area contributed by atoms with Crippen LogP contribution in [0.4, 0.5) is 0 Å². The first-order chi connectivity index (χ1) is 14.7. The van der Waals surface area contributed by atoms with Crippen molar-refractivity contribution in [1.82, 2.24) is 15.5 Å². The molecule has 31 heavy (non-hydrogen) atoms. The second-order valence-electron chi connectivity index (χ2n) is 8.93. The third-order valence-electron chi connectivity index (χ3n) is 5.81. The number of likely N-dealkylation sites (tertiary alicyclic amines) is 1. The lowest BCUT2D eigenvalue weighted by molar-refractivity contribution is -0.139. The lowest BCUT2D eigenvalue weighted by Crippen LogP contribution is -2.46. The number of rotatable bonds is 11. The second kappa shape index (κ2) is 11.9. The summed E-state index contributed by atoms with van der Waals surface area (Å²) in [6, 6.07) is 10.3. The number of ketones is 1. The number of aliphatic hydroxyl groups is 2. The normalized spacial score (nSPS) is 16.5. The van der Waals surface area contributed by atoms with E-state index >= 15 is 0 Å². The fourth-order valence-electron chi connectivity index (χ4n) is 3.48. The number of aliphatic hydroxyl groups excluding tert-OH is 2. The van der Waals surface area contributed by atoms with E-state index in [1.54, 1.807) is 13.8 Å². The van der Waals surface area contributed by atoms with Crippen LogP contribution in [-0.2, 0) is 20.9 Å². The number of hydrogen-bond donors (Lipinski definition) is 4. The van der Waals surface area contributed by atoms with E-state index in [1.165, 1.54) is 5.56 Å². The SMILES string of the molecule is CC(C)(CO)C(O)C(=O)NCCC(=O)C(=O)NCC1CCN(Cc2ccccc2)CC1. The maximum Gasteiger partial charge on any atom is 0.287 e. The number of hydrogen-bond acceptors (Lipinski definition) is 6. The van der Waals surface area contributed by atoms with Gasteiger partial charge in [0.05, 0.1) is 6.61 Å². The summed E-state index contributed by atoms with van der Waals surface area (Å²) in [5, 5.41) is 24.2. The number of piperidine rings is 1. The van der Waals surface area contributed by atoms with Crippen LogP contribution in [0, 0.1) is 11.3 Å². The van der Waals surface area contributed by atoms with E-state index in [0.717, 1.165) is 32.5 Å². The van der Waals surface area contributed by atoms with E-state index in [2.05, 4.69) is 27.7 Å². The van der Waals surface area contributed by atoms with Crippen molar-refractivity contribution in [2.45, 2.75) is 45.8 Å². The summed E-state index contributed by atoms with van der Waals surface area (Å²) in [4.78, 5) is 38.3. The van der Waals surface area contributed by atoms with E-state index in [9.17, 15) is 24.6 Å². The monoisotopic (exact) mass is 433 g/mol. The van der Waals surface area contributed by atoms with Gasteiger partial charge in [-0.3, -0.25) is 19.3 Å². The van der Waals surface area contributed by atoms with Gasteiger partial charge in [0.25, 0.3) is 5.91 Å². The van der Waals surface area contributed by atoms with E-state index in [4.69, 9.17) is 0 Å². The highest BCUT2D eigenvalue weighted by atomic mass is 16.3. The molecule has 0 aliphatic carbocycles. The second-order valence-corrected chi connectivity index (χ2v) is 8.93. The van der Waals surface area contributed by atoms with E-state index < -0.39 is 29.1 Å². The van der Waals surface area contributed by atoms with Crippen LogP contribution in [0.2, 0.25) is 0 Å². The molecule has 0 bridgehead atoms. The molecule has 1 aromatic rings. The molecule has 4 N–H and O–H groups in total. The van der Waals surface area contributed by atoms with E-state index in [0.29, 0.717) is 12.5 Å². The van der Waals surface area contributed by atoms with Crippen LogP contribution < -0.4 is 10.6 Å². The zero-order chi connectivity index (χ0) is 22.9. The van der Waals surface area contributed by atoms with Gasteiger partial charge in [-0.05, 0) is 37.4 Å². The largest absolute Gasteiger partial charge is 0.396 e. The van der Waals surface area contributed by atoms with Gasteiger partial charge in [-0.15, -0.1) is 0 Å². The Kier molecular flexibility index (Phi) is 9.61. The molecule has 1 aliphatic heterocycles. The Morgan fingerprint density at radius 1 is 1.13 bits per heavy atom. The minimum atomic E-state index is -1.39. The molecule has 8 heteroatoms. The van der Waals surface area contributed by atoms with E-state index in [1.807, 2.05) is 18.2 Å². The Bertz CT molecular complexity index is 730. The molecule has 1 fully saturated rings. The van der Waals surface area contributed by atoms with Crippen molar-refractivity contribution >= 4 is 17.6 Å². The highest BCUT2D eigenvalue weighted by Crippen LogP contribution is 2.20. The standard InChI is InChI=1S/C23H35N3O5/c1-23(2,16-27)20(29)22(31)24-11-8-19(28)21(30)25-14-17-9-12-26(13-10-17)15-18-6-4-3-5-7-18/h3-7,17,20,27,29H,8-16H2,1-2H3,(H,24,31)(H,25,30). The average molecular weight is 434 g/mol. The number of benzene rings is 1. The Morgan fingerprint density at radius 3 is 2.39 bits per heavy atom. The first-order valence-electron chi connectivity index (χ1n) is 10.9. The summed E-state index contributed by atoms with van der Waals surface area (Å²) < 4.78 is 0. The summed E-state index contributed by atoms with van der Waals surface area (Å²) in [6.07, 6.45) is 0.403. The van der Waals surface area contributed by atoms with Crippen molar-refractivity contribution in [3.05, 3.63) is 35.9 Å². The number of amides is 2. The van der Waals surface area contributed by atoms with Gasteiger partial charge < -0.3 is 20.8 Å². The van der Waals surface area contributed by atoms with Gasteiger partial charge in [0, 0.05) is 31.5 Å². The molecule has 1 unspecified atom stereocenters. The average Bonchev–Trinajstić information content (AvgIpc) is 2.78. The molecule has 172 valence electrons. The summed E-state index contributed by atoms with van der Waals surface area (Å²) in [5.74, 6) is -1.57. The van der Waals surface area contributed by atoms with Crippen molar-refractivity contribution in [3.63, 3.8) is 0 Å². The van der Waals surface area contributed by atoms with Gasteiger partial charge in [0.2, 0.25) is 11.7 Å². The summed E-state index contributed by atoms with van der Waals surface area (Å²) in [7, 11) is 0. The maximum absolute atomic E-state index is 12.0. The molecule has 1 aromatic carbocycles. The van der Waals surface area contributed by atoms with Gasteiger partial charge in [-0.1, -0.05) is 44.2 Å². The third-order valence-corrected chi connectivity index (χ3v) is 5.81. The molecule has 1 aliphatic rings. The molecular formula is C23H35N3O5. The summed E-state index contributed by atoms with van der Waals surface area (Å²) in [5.41, 5.74) is 0.307. The Morgan fingerprint density at radius 2 is 1.77 bits per heavy atom. The van der Waals surface area contributed by atoms with Crippen LogP contribution in [0.5, 0.6) is 0 Å². The van der Waals surface area contributed by atoms with Gasteiger partial charge in [0.1, 0.15) is 6.10 Å². The Hall–Kier alpha value is -2.29. The quantitative estimate of drug-likeness (QED) is 0.377. The third kappa shape index (κ3) is 8.05. The topological polar surface area (TPSA) is 119 Å². The first-order valence-corrected chi connectivity index (χ1v) is 10.9. The zero-order valence-corrected chi connectivity index (χ0v) is 18.5. The Balaban J connectivity index is 1.62. The first kappa shape index (κ1) is 25.0. The molecule has 1 atom stereocenters. The lowest BCUT2D eigenvalue weighted by atomic mass is 9.87. The molecule has 2 amide bonds. The van der Waals surface area contributed by atoms with Crippen LogP contribution in [-0.4, -0.2) is 71.6 Å². The minimum Gasteiger partial charge on any atom is -0.396 e. The molecule has 0 saturated carbocycles. The molecule has 2 rings (SSSR count). The minimum absolute atomic E-state index is 0.0401. The fraction of sp³-hybridized carbons (Fsp3) is 0.609. The molecular weight excluding hydrogens is 398 g/mol. The smallest absolute Gasteiger partial charge is 0.287 e. The van der Waals surface area contributed by atoms with Crippen LogP contribution in [0.3, 0.4) is 0 Å². The fourth-order valence-corrected chi connectivity index (χ4v) is 3.48. The van der Waals surface area contributed by atoms with E-state index in [-0.39, 0.29) is 19.6 Å². The predicted molar refractivity (Wildman–Crippen MR) is 117 cm³/mol. The number of carbonyl (C=O) groups is 3. The summed E-state index contributed by atoms with van der Waals surface area (Å²) >= 11 is 0. The Labute approximate surface area is 184 Å². The zero-order valence-electron chi connectivity index (χ0n) is 18.5. The van der Waals surface area contributed by atoms with Crippen LogP contribution in [0.25, 0.3) is 0 Å². The van der Waals surface area contributed by atoms with Crippen molar-refractivity contribution in [1.29, 1.82) is 0 Å². The highest BCUT2D eigenvalue weighted by Gasteiger charge is 2.32. The molecule has 1 heterocycles. The summed E-state index contributed by atoms with van der Waals surface area (Å²) in [6.45, 7) is 6.04. The molecule has 8 nitrogen and oxygen atoms in total. The van der Waals surface area contributed by atoms with Gasteiger partial charge in [0.15, 0.2) is 0 Å². The van der Waals surface area contributed by atoms with Crippen molar-refractivity contribution in [2.75, 3.05) is 32.8 Å². The highest BCUT2D eigenvalue weighted by molar-refractivity contribution is 6.36. The van der Waals surface area contributed by atoms with Crippen LogP contribution in [0.15, 0.2) is 30.3 Å². The van der Waals surface area contributed by atoms with Gasteiger partial charge >= 0.3 is 0 Å². The molecule has 0 spiro atoms. The maximum atomic E-state index is 12.0. The van der Waals surface area contributed by atoms with Crippen molar-refractivity contribution < 1.29 is 24.6 Å². The van der Waals surface area contributed by atoms with Gasteiger partial charge in [-0.25, -0.2) is 0 Å². The molecule has 1 saturated heterocycles. The number of carbonyl (C=O) groups excluding carboxylic acids is 3. The lowest BCUT2D eigenvalue weighted by Gasteiger charge is -2.32. The molecule has 0 radical (unpaired) electrons. The number of nitrogens with zero attached hydrogens (tertiary/aromatic N) is 1. The van der Waals surface area contributed by atoms with Crippen LogP contribution >= 0.6 is 0 Å². The van der Waals surface area contributed by atoms with Crippen molar-refractivity contribution in [3.8, 4) is 0 Å². The number of Topliss-reactive ketones (excluding diaryl/α,β-unsaturated/α-hetero) is 1. The predicted octanol–water partition coefficient (Wildman–Crippen LogP) is 0.470. The van der Waals surface area contributed by atoms with Crippen LogP contribution in [0.1, 0.15) is 38.7 Å². The molecule has 0 aromatic heterocycles. The van der Waals surface area contributed by atoms with Gasteiger partial charge in [-0.2, -0.15) is 0 Å². The van der Waals surface area contributed by atoms with Crippen molar-refractivity contribution in [2.24, 2.45) is 11.3 Å². The number of nitrogens with one attached hydrogen (secondary N) is 2.